The van der Waals surface area contributed by atoms with Crippen LogP contribution in [0.25, 0.3) is 33.6 Å². The quantitative estimate of drug-likeness (QED) is 0.492. The van der Waals surface area contributed by atoms with Crippen molar-refractivity contribution in [3.8, 4) is 34.1 Å². The summed E-state index contributed by atoms with van der Waals surface area (Å²) in [6, 6.07) is 17.6. The van der Waals surface area contributed by atoms with Gasteiger partial charge in [-0.15, -0.1) is 0 Å². The minimum atomic E-state index is -0.447. The highest BCUT2D eigenvalue weighted by Gasteiger charge is 2.23. The van der Waals surface area contributed by atoms with Gasteiger partial charge >= 0.3 is 0 Å². The van der Waals surface area contributed by atoms with E-state index in [0.717, 1.165) is 22.4 Å². The Hall–Kier alpha value is -3.38. The maximum absolute atomic E-state index is 9.54. The lowest BCUT2D eigenvalue weighted by molar-refractivity contribution is 0.154. The summed E-state index contributed by atoms with van der Waals surface area (Å²) in [5.74, 6) is 1.91. The molecule has 2 heterocycles. The molecule has 2 aromatic heterocycles. The smallest absolute Gasteiger partial charge is 0.234 e. The van der Waals surface area contributed by atoms with Crippen LogP contribution >= 0.6 is 0 Å². The molecule has 6 heteroatoms. The van der Waals surface area contributed by atoms with Crippen LogP contribution in [0.4, 0.5) is 0 Å². The van der Waals surface area contributed by atoms with Crippen LogP contribution in [-0.4, -0.2) is 34.9 Å². The Labute approximate surface area is 168 Å². The molecule has 29 heavy (non-hydrogen) atoms. The minimum absolute atomic E-state index is 0.345. The van der Waals surface area contributed by atoms with E-state index in [1.54, 1.807) is 14.0 Å². The summed E-state index contributed by atoms with van der Waals surface area (Å²) in [5, 5.41) is 10.2. The Morgan fingerprint density at radius 2 is 1.76 bits per heavy atom. The van der Waals surface area contributed by atoms with E-state index in [0.29, 0.717) is 35.8 Å². The van der Waals surface area contributed by atoms with Crippen molar-refractivity contribution in [1.29, 1.82) is 0 Å². The van der Waals surface area contributed by atoms with E-state index in [2.05, 4.69) is 9.97 Å². The molecule has 0 aliphatic heterocycles. The second kappa shape index (κ2) is 8.32. The molecule has 2 aromatic carbocycles. The number of benzene rings is 2. The maximum Gasteiger partial charge on any atom is 0.234 e. The summed E-state index contributed by atoms with van der Waals surface area (Å²) in [4.78, 5) is 8.65. The van der Waals surface area contributed by atoms with Gasteiger partial charge < -0.3 is 19.0 Å². The van der Waals surface area contributed by atoms with Crippen molar-refractivity contribution in [2.45, 2.75) is 19.4 Å². The number of hydrogen-bond acceptors (Lipinski definition) is 6. The number of fused-ring (bicyclic) bond motifs is 1. The van der Waals surface area contributed by atoms with Crippen molar-refractivity contribution < 1.29 is 19.0 Å². The molecule has 1 atom stereocenters. The summed E-state index contributed by atoms with van der Waals surface area (Å²) in [7, 11) is 1.64. The molecule has 4 rings (SSSR count). The Kier molecular flexibility index (Phi) is 5.44. The molecule has 0 fully saturated rings. The second-order valence-corrected chi connectivity index (χ2v) is 6.75. The summed E-state index contributed by atoms with van der Waals surface area (Å²) < 4.78 is 17.3. The first-order valence-corrected chi connectivity index (χ1v) is 9.45. The first-order chi connectivity index (χ1) is 14.2. The van der Waals surface area contributed by atoms with Crippen molar-refractivity contribution in [3.63, 3.8) is 0 Å². The van der Waals surface area contributed by atoms with Crippen LogP contribution in [0, 0.1) is 0 Å². The maximum atomic E-state index is 9.54. The molecule has 0 radical (unpaired) electrons. The van der Waals surface area contributed by atoms with Crippen LogP contribution in [0.15, 0.2) is 65.3 Å². The van der Waals surface area contributed by atoms with Gasteiger partial charge in [-0.25, -0.2) is 9.97 Å². The van der Waals surface area contributed by atoms with Gasteiger partial charge in [0.25, 0.3) is 0 Å². The second-order valence-electron chi connectivity index (χ2n) is 6.75. The average Bonchev–Trinajstić information content (AvgIpc) is 3.15. The van der Waals surface area contributed by atoms with Gasteiger partial charge in [0.15, 0.2) is 0 Å². The fraction of sp³-hybridized carbons (Fsp3) is 0.217. The van der Waals surface area contributed by atoms with E-state index in [1.165, 1.54) is 6.33 Å². The first kappa shape index (κ1) is 19.0. The van der Waals surface area contributed by atoms with Crippen LogP contribution < -0.4 is 9.47 Å². The molecule has 6 nitrogen and oxygen atoms in total. The molecule has 0 bridgehead atoms. The zero-order chi connectivity index (χ0) is 20.2. The predicted molar refractivity (Wildman–Crippen MR) is 111 cm³/mol. The third kappa shape index (κ3) is 3.93. The number of furan rings is 1. The molecular formula is C23H22N2O4. The van der Waals surface area contributed by atoms with Gasteiger partial charge in [0.1, 0.15) is 23.2 Å². The Morgan fingerprint density at radius 3 is 2.45 bits per heavy atom. The summed E-state index contributed by atoms with van der Waals surface area (Å²) in [6.45, 7) is 2.07. The SMILES string of the molecule is COc1ccc(-c2c(-c3ccccc3)oc3ncnc(OCC[C@@H](C)O)c23)cc1. The fourth-order valence-corrected chi connectivity index (χ4v) is 3.17. The van der Waals surface area contributed by atoms with Crippen LogP contribution in [0.2, 0.25) is 0 Å². The summed E-state index contributed by atoms with van der Waals surface area (Å²) >= 11 is 0. The molecule has 0 aliphatic rings. The van der Waals surface area contributed by atoms with Crippen molar-refractivity contribution in [3.05, 3.63) is 60.9 Å². The Bertz CT molecular complexity index is 1090. The van der Waals surface area contributed by atoms with Crippen LogP contribution in [0.1, 0.15) is 13.3 Å². The number of nitrogens with zero attached hydrogens (tertiary/aromatic N) is 2. The predicted octanol–water partition coefficient (Wildman–Crippen LogP) is 4.72. The zero-order valence-corrected chi connectivity index (χ0v) is 16.3. The van der Waals surface area contributed by atoms with E-state index in [9.17, 15) is 5.11 Å². The number of rotatable bonds is 7. The first-order valence-electron chi connectivity index (χ1n) is 9.45. The highest BCUT2D eigenvalue weighted by molar-refractivity contribution is 6.03. The molecular weight excluding hydrogens is 368 g/mol. The van der Waals surface area contributed by atoms with Gasteiger partial charge in [0, 0.05) is 17.5 Å². The normalized spacial score (nSPS) is 12.1. The summed E-state index contributed by atoms with van der Waals surface area (Å²) in [5.41, 5.74) is 3.20. The van der Waals surface area contributed by atoms with Crippen LogP contribution in [0.5, 0.6) is 11.6 Å². The van der Waals surface area contributed by atoms with Crippen LogP contribution in [0.3, 0.4) is 0 Å². The largest absolute Gasteiger partial charge is 0.497 e. The molecule has 0 aliphatic carbocycles. The fourth-order valence-electron chi connectivity index (χ4n) is 3.17. The highest BCUT2D eigenvalue weighted by Crippen LogP contribution is 2.43. The van der Waals surface area contributed by atoms with E-state index in [1.807, 2.05) is 54.6 Å². The zero-order valence-electron chi connectivity index (χ0n) is 16.3. The van der Waals surface area contributed by atoms with Crippen molar-refractivity contribution in [2.24, 2.45) is 0 Å². The van der Waals surface area contributed by atoms with Gasteiger partial charge in [-0.3, -0.25) is 0 Å². The van der Waals surface area contributed by atoms with E-state index >= 15 is 0 Å². The monoisotopic (exact) mass is 390 g/mol. The number of methoxy groups -OCH3 is 1. The van der Waals surface area contributed by atoms with E-state index in [4.69, 9.17) is 13.9 Å². The van der Waals surface area contributed by atoms with E-state index < -0.39 is 6.10 Å². The van der Waals surface area contributed by atoms with Gasteiger partial charge in [-0.1, -0.05) is 42.5 Å². The molecule has 0 amide bonds. The lowest BCUT2D eigenvalue weighted by Gasteiger charge is -2.09. The molecule has 148 valence electrons. The van der Waals surface area contributed by atoms with E-state index in [-0.39, 0.29) is 0 Å². The minimum Gasteiger partial charge on any atom is -0.497 e. The van der Waals surface area contributed by atoms with Gasteiger partial charge in [0.05, 0.1) is 19.8 Å². The molecule has 4 aromatic rings. The van der Waals surface area contributed by atoms with Gasteiger partial charge in [-0.05, 0) is 24.6 Å². The summed E-state index contributed by atoms with van der Waals surface area (Å²) in [6.07, 6.45) is 1.49. The standard InChI is InChI=1S/C23H22N2O4/c1-15(26)12-13-28-22-20-19(16-8-10-18(27-2)11-9-16)21(17-6-4-3-5-7-17)29-23(20)25-14-24-22/h3-11,14-15,26H,12-13H2,1-2H3/t15-/m1/s1. The van der Waals surface area contributed by atoms with Crippen molar-refractivity contribution >= 4 is 11.1 Å². The third-order valence-electron chi connectivity index (χ3n) is 4.64. The van der Waals surface area contributed by atoms with Gasteiger partial charge in [0.2, 0.25) is 11.6 Å². The lowest BCUT2D eigenvalue weighted by Crippen LogP contribution is -2.08. The van der Waals surface area contributed by atoms with Crippen LogP contribution in [-0.2, 0) is 0 Å². The number of aromatic nitrogens is 2. The lowest BCUT2D eigenvalue weighted by atomic mass is 9.99. The highest BCUT2D eigenvalue weighted by atomic mass is 16.5. The Balaban J connectivity index is 1.90. The number of ether oxygens (including phenoxy) is 2. The number of aliphatic hydroxyl groups is 1. The molecule has 0 saturated heterocycles. The Morgan fingerprint density at radius 1 is 1.00 bits per heavy atom. The van der Waals surface area contributed by atoms with Gasteiger partial charge in [-0.2, -0.15) is 0 Å². The molecule has 0 saturated carbocycles. The van der Waals surface area contributed by atoms with Crippen molar-refractivity contribution in [1.82, 2.24) is 9.97 Å². The number of aliphatic hydroxyl groups excluding tert-OH is 1. The molecule has 0 spiro atoms. The third-order valence-corrected chi connectivity index (χ3v) is 4.64. The number of hydrogen-bond donors (Lipinski definition) is 1. The topological polar surface area (TPSA) is 77.6 Å². The van der Waals surface area contributed by atoms with Crippen molar-refractivity contribution in [2.75, 3.05) is 13.7 Å². The molecule has 0 unspecified atom stereocenters. The average molecular weight is 390 g/mol. The molecule has 1 N–H and O–H groups in total.